The number of halogens is 2. The van der Waals surface area contributed by atoms with Crippen molar-refractivity contribution < 1.29 is 9.90 Å². The van der Waals surface area contributed by atoms with E-state index in [1.165, 1.54) is 0 Å². The molecule has 0 saturated heterocycles. The Hall–Kier alpha value is -2.96. The Bertz CT molecular complexity index is 1340. The number of aliphatic hydroxyl groups excluding tert-OH is 1. The molecule has 1 aliphatic heterocycles. The van der Waals surface area contributed by atoms with E-state index < -0.39 is 5.92 Å². The molecule has 4 nitrogen and oxygen atoms in total. The van der Waals surface area contributed by atoms with E-state index in [0.29, 0.717) is 29.6 Å². The van der Waals surface area contributed by atoms with E-state index in [1.54, 1.807) is 0 Å². The van der Waals surface area contributed by atoms with Gasteiger partial charge < -0.3 is 5.11 Å². The molecule has 34 heavy (non-hydrogen) atoms. The highest BCUT2D eigenvalue weighted by atomic mass is 79.9. The molecule has 0 spiro atoms. The van der Waals surface area contributed by atoms with Crippen LogP contribution >= 0.6 is 31.9 Å². The summed E-state index contributed by atoms with van der Waals surface area (Å²) >= 11 is 7.03. The van der Waals surface area contributed by atoms with Gasteiger partial charge in [-0.05, 0) is 48.7 Å². The number of hydrogen-bond acceptors (Lipinski definition) is 3. The van der Waals surface area contributed by atoms with Crippen LogP contribution in [0.4, 0.5) is 5.69 Å². The van der Waals surface area contributed by atoms with Gasteiger partial charge in [0.25, 0.3) is 0 Å². The van der Waals surface area contributed by atoms with Gasteiger partial charge in [0.15, 0.2) is 5.78 Å². The molecule has 1 heterocycles. The van der Waals surface area contributed by atoms with E-state index >= 15 is 0 Å². The zero-order valence-electron chi connectivity index (χ0n) is 18.3. The zero-order valence-corrected chi connectivity index (χ0v) is 21.4. The Morgan fingerprint density at radius 3 is 2.35 bits per heavy atom. The standard InChI is InChI=1S/C28H22Br2N2O2/c29-19-14-12-17(13-15-19)24-25-22(10-5-11-23(25)33)32(21-9-4-8-20(30)16-21)28(31)26(24)27(34)18-6-2-1-3-7-18/h1-4,6-9,12-16,24,31,34H,5,10-11H2/b27-26+,31-28?. The van der Waals surface area contributed by atoms with Crippen LogP contribution in [0.25, 0.3) is 5.76 Å². The predicted octanol–water partition coefficient (Wildman–Crippen LogP) is 7.77. The number of Topliss-reactive ketones (excluding diaryl/α,β-unsaturated/α-hetero) is 1. The van der Waals surface area contributed by atoms with Gasteiger partial charge >= 0.3 is 0 Å². The van der Waals surface area contributed by atoms with Crippen LogP contribution in [0.15, 0.2) is 105 Å². The summed E-state index contributed by atoms with van der Waals surface area (Å²) in [5.41, 5.74) is 4.23. The zero-order chi connectivity index (χ0) is 23.8. The number of carbonyl (C=O) groups excluding carboxylic acids is 1. The van der Waals surface area contributed by atoms with E-state index in [1.807, 2.05) is 83.8 Å². The number of aliphatic hydroxyl groups is 1. The lowest BCUT2D eigenvalue weighted by atomic mass is 9.73. The van der Waals surface area contributed by atoms with Crippen molar-refractivity contribution in [3.8, 4) is 0 Å². The molecule has 2 N–H and O–H groups in total. The minimum atomic E-state index is -0.521. The van der Waals surface area contributed by atoms with Gasteiger partial charge in [0.05, 0.1) is 0 Å². The highest BCUT2D eigenvalue weighted by molar-refractivity contribution is 9.10. The monoisotopic (exact) mass is 576 g/mol. The Morgan fingerprint density at radius 1 is 0.912 bits per heavy atom. The summed E-state index contributed by atoms with van der Waals surface area (Å²) in [6.07, 6.45) is 1.90. The number of allylic oxidation sites excluding steroid dienone is 2. The van der Waals surface area contributed by atoms with Crippen LogP contribution in [0.2, 0.25) is 0 Å². The van der Waals surface area contributed by atoms with Crippen molar-refractivity contribution in [3.05, 3.63) is 116 Å². The van der Waals surface area contributed by atoms with Crippen LogP contribution in [0, 0.1) is 5.41 Å². The summed E-state index contributed by atoms with van der Waals surface area (Å²) in [6.45, 7) is 0. The third kappa shape index (κ3) is 4.05. The van der Waals surface area contributed by atoms with E-state index in [0.717, 1.165) is 32.3 Å². The van der Waals surface area contributed by atoms with Crippen molar-refractivity contribution in [2.75, 3.05) is 4.90 Å². The largest absolute Gasteiger partial charge is 0.507 e. The highest BCUT2D eigenvalue weighted by Crippen LogP contribution is 2.48. The van der Waals surface area contributed by atoms with E-state index in [-0.39, 0.29) is 17.4 Å². The highest BCUT2D eigenvalue weighted by Gasteiger charge is 2.43. The Balaban J connectivity index is 1.83. The van der Waals surface area contributed by atoms with Crippen LogP contribution in [0.1, 0.15) is 36.3 Å². The lowest BCUT2D eigenvalue weighted by molar-refractivity contribution is -0.116. The maximum absolute atomic E-state index is 13.5. The van der Waals surface area contributed by atoms with Gasteiger partial charge in [-0.1, -0.05) is 80.4 Å². The van der Waals surface area contributed by atoms with E-state index in [2.05, 4.69) is 31.9 Å². The van der Waals surface area contributed by atoms with Crippen LogP contribution in [-0.2, 0) is 4.79 Å². The minimum Gasteiger partial charge on any atom is -0.507 e. The summed E-state index contributed by atoms with van der Waals surface area (Å²) in [5.74, 6) is -0.253. The van der Waals surface area contributed by atoms with Crippen LogP contribution in [0.3, 0.4) is 0 Å². The lowest BCUT2D eigenvalue weighted by Gasteiger charge is -2.41. The molecular formula is C28H22Br2N2O2. The molecule has 2 aliphatic rings. The van der Waals surface area contributed by atoms with Crippen LogP contribution < -0.4 is 4.90 Å². The summed E-state index contributed by atoms with van der Waals surface area (Å²) in [5, 5.41) is 20.9. The summed E-state index contributed by atoms with van der Waals surface area (Å²) < 4.78 is 1.81. The fourth-order valence-electron chi connectivity index (χ4n) is 4.83. The maximum Gasteiger partial charge on any atom is 0.161 e. The maximum atomic E-state index is 13.5. The first-order valence-electron chi connectivity index (χ1n) is 11.1. The molecule has 0 bridgehead atoms. The molecule has 1 aliphatic carbocycles. The van der Waals surface area contributed by atoms with Crippen molar-refractivity contribution in [2.45, 2.75) is 25.2 Å². The molecule has 0 amide bonds. The van der Waals surface area contributed by atoms with Crippen molar-refractivity contribution in [1.82, 2.24) is 0 Å². The van der Waals surface area contributed by atoms with Crippen molar-refractivity contribution in [3.63, 3.8) is 0 Å². The first-order valence-corrected chi connectivity index (χ1v) is 12.7. The van der Waals surface area contributed by atoms with Gasteiger partial charge in [0.2, 0.25) is 0 Å². The second-order valence-corrected chi connectivity index (χ2v) is 10.2. The first kappa shape index (κ1) is 22.8. The molecule has 0 radical (unpaired) electrons. The predicted molar refractivity (Wildman–Crippen MR) is 143 cm³/mol. The summed E-state index contributed by atoms with van der Waals surface area (Å²) in [6, 6.07) is 24.8. The summed E-state index contributed by atoms with van der Waals surface area (Å²) in [4.78, 5) is 15.3. The molecule has 0 saturated carbocycles. The number of hydrogen-bond donors (Lipinski definition) is 2. The smallest absolute Gasteiger partial charge is 0.161 e. The fraction of sp³-hybridized carbons (Fsp3) is 0.143. The van der Waals surface area contributed by atoms with Crippen LogP contribution in [0.5, 0.6) is 0 Å². The third-order valence-corrected chi connectivity index (χ3v) is 7.35. The minimum absolute atomic E-state index is 0.0171. The molecule has 170 valence electrons. The molecular weight excluding hydrogens is 556 g/mol. The second-order valence-electron chi connectivity index (χ2n) is 8.41. The van der Waals surface area contributed by atoms with Crippen molar-refractivity contribution in [1.29, 1.82) is 5.41 Å². The molecule has 1 unspecified atom stereocenters. The Kier molecular flexibility index (Phi) is 6.28. The van der Waals surface area contributed by atoms with Gasteiger partial charge in [-0.25, -0.2) is 0 Å². The van der Waals surface area contributed by atoms with Crippen molar-refractivity contribution in [2.24, 2.45) is 0 Å². The SMILES string of the molecule is N=C1/C(=C(/O)c2ccccc2)C(c2ccc(Br)cc2)C2=C(CCCC2=O)N1c1cccc(Br)c1. The van der Waals surface area contributed by atoms with E-state index in [4.69, 9.17) is 0 Å². The number of carbonyl (C=O) groups is 1. The molecule has 3 aromatic rings. The molecule has 0 aromatic heterocycles. The van der Waals surface area contributed by atoms with Crippen molar-refractivity contribution >= 4 is 54.9 Å². The summed E-state index contributed by atoms with van der Waals surface area (Å²) in [7, 11) is 0. The number of rotatable bonds is 3. The first-order chi connectivity index (χ1) is 16.5. The van der Waals surface area contributed by atoms with Crippen LogP contribution in [-0.4, -0.2) is 16.7 Å². The fourth-order valence-corrected chi connectivity index (χ4v) is 5.48. The number of ketones is 1. The number of nitrogens with one attached hydrogen (secondary N) is 1. The quantitative estimate of drug-likeness (QED) is 0.312. The average Bonchev–Trinajstić information content (AvgIpc) is 2.84. The average molecular weight is 578 g/mol. The molecule has 6 heteroatoms. The van der Waals surface area contributed by atoms with Gasteiger partial charge in [-0.3, -0.25) is 15.1 Å². The molecule has 0 fully saturated rings. The van der Waals surface area contributed by atoms with Gasteiger partial charge in [-0.15, -0.1) is 0 Å². The third-order valence-electron chi connectivity index (χ3n) is 6.33. The second kappa shape index (κ2) is 9.35. The lowest BCUT2D eigenvalue weighted by Crippen LogP contribution is -2.42. The Morgan fingerprint density at radius 2 is 1.65 bits per heavy atom. The number of nitrogens with zero attached hydrogens (tertiary/aromatic N) is 1. The number of anilines is 1. The van der Waals surface area contributed by atoms with E-state index in [9.17, 15) is 15.3 Å². The topological polar surface area (TPSA) is 64.4 Å². The Labute approximate surface area is 215 Å². The van der Waals surface area contributed by atoms with Gasteiger partial charge in [0, 0.05) is 49.4 Å². The molecule has 1 atom stereocenters. The van der Waals surface area contributed by atoms with Gasteiger partial charge in [0.1, 0.15) is 11.6 Å². The number of benzene rings is 3. The number of amidine groups is 1. The molecule has 5 rings (SSSR count). The normalized spacial score (nSPS) is 19.8. The molecule has 3 aromatic carbocycles. The van der Waals surface area contributed by atoms with Gasteiger partial charge in [-0.2, -0.15) is 0 Å².